The molecular formula is C12H18N4O. The molecule has 17 heavy (non-hydrogen) atoms. The smallest absolute Gasteiger partial charge is 0.160 e. The van der Waals surface area contributed by atoms with Crippen LogP contribution in [0.5, 0.6) is 0 Å². The molecule has 2 unspecified atom stereocenters. The number of ether oxygens (including phenoxy) is 1. The summed E-state index contributed by atoms with van der Waals surface area (Å²) < 4.78 is 7.25. The Morgan fingerprint density at radius 2 is 2.18 bits per heavy atom. The summed E-state index contributed by atoms with van der Waals surface area (Å²) in [5, 5.41) is 11.6. The van der Waals surface area contributed by atoms with Crippen LogP contribution in [0.15, 0.2) is 24.4 Å². The molecule has 2 rings (SSSR count). The quantitative estimate of drug-likeness (QED) is 0.845. The molecule has 0 aliphatic carbocycles. The first-order valence-electron chi connectivity index (χ1n) is 5.77. The highest BCUT2D eigenvalue weighted by Gasteiger charge is 2.12. The summed E-state index contributed by atoms with van der Waals surface area (Å²) in [7, 11) is 1.72. The minimum Gasteiger partial charge on any atom is -0.380 e. The molecule has 0 radical (unpaired) electrons. The van der Waals surface area contributed by atoms with E-state index in [0.717, 1.165) is 11.5 Å². The van der Waals surface area contributed by atoms with Gasteiger partial charge in [0.05, 0.1) is 12.6 Å². The molecule has 0 aromatic carbocycles. The zero-order valence-corrected chi connectivity index (χ0v) is 10.4. The second-order valence-corrected chi connectivity index (χ2v) is 4.16. The summed E-state index contributed by atoms with van der Waals surface area (Å²) in [6, 6.07) is 6.14. The van der Waals surface area contributed by atoms with Crippen molar-refractivity contribution in [3.05, 3.63) is 30.2 Å². The van der Waals surface area contributed by atoms with Crippen molar-refractivity contribution in [3.63, 3.8) is 0 Å². The monoisotopic (exact) mass is 234 g/mol. The third-order valence-electron chi connectivity index (χ3n) is 3.04. The van der Waals surface area contributed by atoms with Crippen molar-refractivity contribution >= 4 is 5.65 Å². The Morgan fingerprint density at radius 3 is 2.94 bits per heavy atom. The van der Waals surface area contributed by atoms with Gasteiger partial charge < -0.3 is 10.1 Å². The summed E-state index contributed by atoms with van der Waals surface area (Å²) in [6.07, 6.45) is 2.14. The van der Waals surface area contributed by atoms with Gasteiger partial charge >= 0.3 is 0 Å². The molecule has 1 N–H and O–H groups in total. The number of pyridine rings is 1. The van der Waals surface area contributed by atoms with Gasteiger partial charge in [0.1, 0.15) is 0 Å². The molecule has 2 aromatic heterocycles. The molecule has 5 nitrogen and oxygen atoms in total. The van der Waals surface area contributed by atoms with E-state index in [2.05, 4.69) is 22.4 Å². The largest absolute Gasteiger partial charge is 0.380 e. The lowest BCUT2D eigenvalue weighted by molar-refractivity contribution is 0.0879. The Morgan fingerprint density at radius 1 is 1.35 bits per heavy atom. The van der Waals surface area contributed by atoms with Gasteiger partial charge in [0, 0.05) is 19.3 Å². The van der Waals surface area contributed by atoms with Gasteiger partial charge in [0.15, 0.2) is 11.5 Å². The second kappa shape index (κ2) is 5.25. The summed E-state index contributed by atoms with van der Waals surface area (Å²) in [4.78, 5) is 0. The summed E-state index contributed by atoms with van der Waals surface area (Å²) in [5.74, 6) is 0.913. The van der Waals surface area contributed by atoms with Gasteiger partial charge in [0.2, 0.25) is 0 Å². The molecule has 0 amide bonds. The van der Waals surface area contributed by atoms with E-state index in [0.29, 0.717) is 6.54 Å². The van der Waals surface area contributed by atoms with E-state index in [1.54, 1.807) is 7.11 Å². The Bertz CT molecular complexity index is 482. The number of nitrogens with one attached hydrogen (secondary N) is 1. The van der Waals surface area contributed by atoms with Crippen LogP contribution in [0, 0.1) is 0 Å². The summed E-state index contributed by atoms with van der Waals surface area (Å²) in [6.45, 7) is 4.82. The average Bonchev–Trinajstić information content (AvgIpc) is 2.78. The summed E-state index contributed by atoms with van der Waals surface area (Å²) in [5.41, 5.74) is 0.872. The lowest BCUT2D eigenvalue weighted by atomic mass is 10.2. The normalized spacial score (nSPS) is 15.0. The third kappa shape index (κ3) is 2.62. The fourth-order valence-corrected chi connectivity index (χ4v) is 1.63. The molecule has 0 aliphatic rings. The average molecular weight is 234 g/mol. The minimum absolute atomic E-state index is 0.175. The fourth-order valence-electron chi connectivity index (χ4n) is 1.63. The number of hydrogen-bond acceptors (Lipinski definition) is 4. The number of rotatable bonds is 5. The highest BCUT2D eigenvalue weighted by molar-refractivity contribution is 5.36. The van der Waals surface area contributed by atoms with Crippen molar-refractivity contribution < 1.29 is 4.74 Å². The van der Waals surface area contributed by atoms with E-state index in [1.807, 2.05) is 35.7 Å². The van der Waals surface area contributed by atoms with Crippen LogP contribution in [0.2, 0.25) is 0 Å². The van der Waals surface area contributed by atoms with Crippen molar-refractivity contribution in [1.82, 2.24) is 19.9 Å². The van der Waals surface area contributed by atoms with Crippen molar-refractivity contribution in [2.24, 2.45) is 0 Å². The van der Waals surface area contributed by atoms with Crippen molar-refractivity contribution in [3.8, 4) is 0 Å². The topological polar surface area (TPSA) is 51.5 Å². The van der Waals surface area contributed by atoms with Gasteiger partial charge in [-0.25, -0.2) is 0 Å². The first-order chi connectivity index (χ1) is 8.22. The maximum atomic E-state index is 5.26. The number of aromatic nitrogens is 3. The highest BCUT2D eigenvalue weighted by Crippen LogP contribution is 2.03. The van der Waals surface area contributed by atoms with Gasteiger partial charge in [-0.2, -0.15) is 0 Å². The standard InChI is InChI=1S/C12H18N4O/c1-9(10(2)17-3)13-8-12-15-14-11-6-4-5-7-16(11)12/h4-7,9-10,13H,8H2,1-3H3. The Labute approximate surface area is 101 Å². The Balaban J connectivity index is 2.04. The van der Waals surface area contributed by atoms with E-state index < -0.39 is 0 Å². The molecule has 0 saturated heterocycles. The molecule has 0 spiro atoms. The van der Waals surface area contributed by atoms with Gasteiger partial charge in [-0.1, -0.05) is 6.07 Å². The van der Waals surface area contributed by atoms with Crippen LogP contribution < -0.4 is 5.32 Å². The van der Waals surface area contributed by atoms with Crippen LogP contribution in [0.3, 0.4) is 0 Å². The van der Waals surface area contributed by atoms with Gasteiger partial charge in [0.25, 0.3) is 0 Å². The molecule has 0 aliphatic heterocycles. The van der Waals surface area contributed by atoms with Crippen molar-refractivity contribution in [2.75, 3.05) is 7.11 Å². The van der Waals surface area contributed by atoms with Gasteiger partial charge in [-0.3, -0.25) is 4.40 Å². The number of hydrogen-bond donors (Lipinski definition) is 1. The number of nitrogens with zero attached hydrogens (tertiary/aromatic N) is 3. The molecule has 2 heterocycles. The maximum Gasteiger partial charge on any atom is 0.160 e. The first-order valence-corrected chi connectivity index (χ1v) is 5.77. The zero-order chi connectivity index (χ0) is 12.3. The van der Waals surface area contributed by atoms with Crippen LogP contribution in [0.1, 0.15) is 19.7 Å². The van der Waals surface area contributed by atoms with Crippen molar-refractivity contribution in [2.45, 2.75) is 32.5 Å². The van der Waals surface area contributed by atoms with Crippen LogP contribution in [-0.2, 0) is 11.3 Å². The van der Waals surface area contributed by atoms with E-state index in [-0.39, 0.29) is 12.1 Å². The van der Waals surface area contributed by atoms with E-state index >= 15 is 0 Å². The fraction of sp³-hybridized carbons (Fsp3) is 0.500. The first kappa shape index (κ1) is 12.0. The molecule has 0 fully saturated rings. The predicted octanol–water partition coefficient (Wildman–Crippen LogP) is 1.24. The zero-order valence-electron chi connectivity index (χ0n) is 10.4. The Hall–Kier alpha value is -1.46. The molecule has 0 saturated carbocycles. The minimum atomic E-state index is 0.175. The number of methoxy groups -OCH3 is 1. The number of fused-ring (bicyclic) bond motifs is 1. The summed E-state index contributed by atoms with van der Waals surface area (Å²) >= 11 is 0. The second-order valence-electron chi connectivity index (χ2n) is 4.16. The molecular weight excluding hydrogens is 216 g/mol. The lowest BCUT2D eigenvalue weighted by Crippen LogP contribution is -2.36. The maximum absolute atomic E-state index is 5.26. The van der Waals surface area contributed by atoms with E-state index in [4.69, 9.17) is 4.74 Å². The van der Waals surface area contributed by atoms with E-state index in [9.17, 15) is 0 Å². The Kier molecular flexibility index (Phi) is 3.71. The molecule has 2 aromatic rings. The van der Waals surface area contributed by atoms with Gasteiger partial charge in [-0.15, -0.1) is 10.2 Å². The van der Waals surface area contributed by atoms with Crippen LogP contribution in [-0.4, -0.2) is 33.9 Å². The predicted molar refractivity (Wildman–Crippen MR) is 65.8 cm³/mol. The molecule has 92 valence electrons. The van der Waals surface area contributed by atoms with Crippen LogP contribution in [0.25, 0.3) is 5.65 Å². The van der Waals surface area contributed by atoms with E-state index in [1.165, 1.54) is 0 Å². The van der Waals surface area contributed by atoms with Crippen molar-refractivity contribution in [1.29, 1.82) is 0 Å². The third-order valence-corrected chi connectivity index (χ3v) is 3.04. The van der Waals surface area contributed by atoms with Gasteiger partial charge in [-0.05, 0) is 26.0 Å². The lowest BCUT2D eigenvalue weighted by Gasteiger charge is -2.19. The molecule has 0 bridgehead atoms. The van der Waals surface area contributed by atoms with Crippen LogP contribution in [0.4, 0.5) is 0 Å². The molecule has 5 heteroatoms. The van der Waals surface area contributed by atoms with Crippen LogP contribution >= 0.6 is 0 Å². The highest BCUT2D eigenvalue weighted by atomic mass is 16.5. The molecule has 2 atom stereocenters. The SMILES string of the molecule is COC(C)C(C)NCc1nnc2ccccn12.